The Balaban J connectivity index is 2.36. The smallest absolute Gasteiger partial charge is 0.347 e. The number of fused-ring (bicyclic) bond motifs is 2. The maximum Gasteiger partial charge on any atom is 0.347 e. The van der Waals surface area contributed by atoms with Crippen molar-refractivity contribution in [3.63, 3.8) is 0 Å². The molecule has 0 aromatic heterocycles. The summed E-state index contributed by atoms with van der Waals surface area (Å²) in [6.45, 7) is 1.56. The van der Waals surface area contributed by atoms with Gasteiger partial charge in [-0.25, -0.2) is 9.59 Å². The molecule has 8 nitrogen and oxygen atoms in total. The quantitative estimate of drug-likeness (QED) is 0.495. The molecule has 2 aromatic rings. The van der Waals surface area contributed by atoms with Crippen LogP contribution >= 0.6 is 0 Å². The number of aromatic hydroxyl groups is 1. The van der Waals surface area contributed by atoms with Crippen LogP contribution in [0.5, 0.6) is 28.7 Å². The molecule has 0 radical (unpaired) electrons. The third kappa shape index (κ3) is 2.44. The number of aromatic carboxylic acids is 1. The molecule has 0 bridgehead atoms. The predicted octanol–water partition coefficient (Wildman–Crippen LogP) is 2.54. The third-order valence-electron chi connectivity index (χ3n) is 3.80. The van der Waals surface area contributed by atoms with Crippen LogP contribution in [-0.4, -0.2) is 35.5 Å². The minimum absolute atomic E-state index is 0.120. The number of hydrogen-bond acceptors (Lipinski definition) is 7. The molecule has 0 fully saturated rings. The zero-order chi connectivity index (χ0) is 18.3. The van der Waals surface area contributed by atoms with Crippen LogP contribution in [0.4, 0.5) is 0 Å². The van der Waals surface area contributed by atoms with Gasteiger partial charge in [0.2, 0.25) is 0 Å². The van der Waals surface area contributed by atoms with Gasteiger partial charge in [-0.05, 0) is 25.1 Å². The van der Waals surface area contributed by atoms with Gasteiger partial charge in [0.25, 0.3) is 0 Å². The minimum Gasteiger partial charge on any atom is -0.507 e. The molecule has 0 atom stereocenters. The maximum atomic E-state index is 12.4. The Labute approximate surface area is 141 Å². The Kier molecular flexibility index (Phi) is 3.80. The summed E-state index contributed by atoms with van der Waals surface area (Å²) in [5, 5.41) is 19.3. The fourth-order valence-corrected chi connectivity index (χ4v) is 2.53. The molecule has 0 unspecified atom stereocenters. The van der Waals surface area contributed by atoms with Crippen LogP contribution in [0.1, 0.15) is 36.6 Å². The van der Waals surface area contributed by atoms with E-state index in [9.17, 15) is 24.6 Å². The van der Waals surface area contributed by atoms with E-state index in [1.54, 1.807) is 6.92 Å². The summed E-state index contributed by atoms with van der Waals surface area (Å²) in [6.07, 6.45) is 0.309. The number of phenolic OH excluding ortho intramolecular Hbond substituents is 1. The van der Waals surface area contributed by atoms with Gasteiger partial charge < -0.3 is 24.4 Å². The predicted molar refractivity (Wildman–Crippen MR) is 83.2 cm³/mol. The van der Waals surface area contributed by atoms with Crippen molar-refractivity contribution in [1.29, 1.82) is 0 Å². The monoisotopic (exact) mass is 344 g/mol. The Bertz CT molecular complexity index is 929. The number of benzene rings is 2. The molecule has 25 heavy (non-hydrogen) atoms. The lowest BCUT2D eigenvalue weighted by Gasteiger charge is -2.15. The van der Waals surface area contributed by atoms with E-state index in [2.05, 4.69) is 0 Å². The lowest BCUT2D eigenvalue weighted by Crippen LogP contribution is -2.09. The molecule has 0 saturated heterocycles. The van der Waals surface area contributed by atoms with E-state index >= 15 is 0 Å². The topological polar surface area (TPSA) is 119 Å². The lowest BCUT2D eigenvalue weighted by atomic mass is 10.1. The van der Waals surface area contributed by atoms with E-state index in [0.717, 1.165) is 6.07 Å². The van der Waals surface area contributed by atoms with Crippen LogP contribution < -0.4 is 14.2 Å². The van der Waals surface area contributed by atoms with Crippen LogP contribution in [0.15, 0.2) is 18.2 Å². The SMILES string of the molecule is COc1cc(C(=O)O)c2c(c1C)OC(=O)c1ccc(O)c(C=O)c1O2. The van der Waals surface area contributed by atoms with Crippen LogP contribution in [0.25, 0.3) is 0 Å². The Morgan fingerprint density at radius 3 is 2.52 bits per heavy atom. The molecular weight excluding hydrogens is 332 g/mol. The average molecular weight is 344 g/mol. The largest absolute Gasteiger partial charge is 0.507 e. The summed E-state index contributed by atoms with van der Waals surface area (Å²) in [7, 11) is 1.34. The number of hydrogen-bond donors (Lipinski definition) is 2. The highest BCUT2D eigenvalue weighted by Crippen LogP contribution is 2.47. The second kappa shape index (κ2) is 5.82. The van der Waals surface area contributed by atoms with Crippen LogP contribution in [0.2, 0.25) is 0 Å². The van der Waals surface area contributed by atoms with Gasteiger partial charge in [-0.15, -0.1) is 0 Å². The van der Waals surface area contributed by atoms with Crippen LogP contribution in [0.3, 0.4) is 0 Å². The zero-order valence-corrected chi connectivity index (χ0v) is 13.2. The number of methoxy groups -OCH3 is 1. The van der Waals surface area contributed by atoms with Gasteiger partial charge >= 0.3 is 11.9 Å². The Morgan fingerprint density at radius 1 is 1.20 bits per heavy atom. The first kappa shape index (κ1) is 16.3. The first-order chi connectivity index (χ1) is 11.9. The van der Waals surface area contributed by atoms with Gasteiger partial charge in [0.15, 0.2) is 23.5 Å². The summed E-state index contributed by atoms with van der Waals surface area (Å²) >= 11 is 0. The number of carboxylic acids is 1. The van der Waals surface area contributed by atoms with Gasteiger partial charge in [0.05, 0.1) is 12.7 Å². The van der Waals surface area contributed by atoms with Crippen molar-refractivity contribution in [3.8, 4) is 28.7 Å². The Morgan fingerprint density at radius 2 is 1.92 bits per heavy atom. The molecule has 8 heteroatoms. The molecular formula is C17H12O8. The molecule has 3 rings (SSSR count). The van der Waals surface area contributed by atoms with E-state index < -0.39 is 17.7 Å². The van der Waals surface area contributed by atoms with Crippen LogP contribution in [0, 0.1) is 6.92 Å². The fourth-order valence-electron chi connectivity index (χ4n) is 2.53. The van der Waals surface area contributed by atoms with Crippen molar-refractivity contribution >= 4 is 18.2 Å². The minimum atomic E-state index is -1.35. The van der Waals surface area contributed by atoms with E-state index in [1.807, 2.05) is 0 Å². The van der Waals surface area contributed by atoms with Gasteiger partial charge in [-0.1, -0.05) is 0 Å². The van der Waals surface area contributed by atoms with E-state index in [-0.39, 0.29) is 39.7 Å². The highest BCUT2D eigenvalue weighted by Gasteiger charge is 2.32. The highest BCUT2D eigenvalue weighted by molar-refractivity contribution is 6.02. The highest BCUT2D eigenvalue weighted by atomic mass is 16.6. The fraction of sp³-hybridized carbons (Fsp3) is 0.118. The van der Waals surface area contributed by atoms with Crippen molar-refractivity contribution in [2.45, 2.75) is 6.92 Å². The molecule has 0 amide bonds. The molecule has 0 saturated carbocycles. The molecule has 1 aliphatic heterocycles. The van der Waals surface area contributed by atoms with Gasteiger partial charge in [0, 0.05) is 5.56 Å². The second-order valence-corrected chi connectivity index (χ2v) is 5.20. The van der Waals surface area contributed by atoms with Crippen molar-refractivity contribution in [3.05, 3.63) is 40.5 Å². The number of esters is 1. The van der Waals surface area contributed by atoms with E-state index in [0.29, 0.717) is 11.8 Å². The molecule has 1 aliphatic rings. The number of carbonyl (C=O) groups excluding carboxylic acids is 2. The van der Waals surface area contributed by atoms with E-state index in [1.165, 1.54) is 19.2 Å². The van der Waals surface area contributed by atoms with Crippen molar-refractivity contribution in [2.24, 2.45) is 0 Å². The summed E-state index contributed by atoms with van der Waals surface area (Å²) in [4.78, 5) is 35.3. The first-order valence-electron chi connectivity index (χ1n) is 7.05. The number of rotatable bonds is 3. The summed E-state index contributed by atoms with van der Waals surface area (Å²) < 4.78 is 16.0. The summed E-state index contributed by atoms with van der Waals surface area (Å²) in [6, 6.07) is 3.59. The normalized spacial score (nSPS) is 12.2. The molecule has 1 heterocycles. The molecule has 2 N–H and O–H groups in total. The number of phenols is 1. The van der Waals surface area contributed by atoms with Gasteiger partial charge in [-0.3, -0.25) is 4.79 Å². The standard InChI is InChI=1S/C17H12O8/c1-7-12(23-2)5-9(16(20)21)15-13(7)25-17(22)8-3-4-11(19)10(6-18)14(8)24-15/h3-6,19H,1-2H3,(H,20,21). The Hall–Kier alpha value is -3.55. The maximum absolute atomic E-state index is 12.4. The summed E-state index contributed by atoms with van der Waals surface area (Å²) in [5.74, 6) is -3.08. The number of aldehydes is 1. The number of carbonyl (C=O) groups is 3. The second-order valence-electron chi connectivity index (χ2n) is 5.20. The summed E-state index contributed by atoms with van der Waals surface area (Å²) in [5.41, 5.74) is -0.378. The van der Waals surface area contributed by atoms with Crippen molar-refractivity contribution in [1.82, 2.24) is 0 Å². The zero-order valence-electron chi connectivity index (χ0n) is 13.2. The molecule has 2 aromatic carbocycles. The van der Waals surface area contributed by atoms with Crippen molar-refractivity contribution < 1.29 is 38.8 Å². The average Bonchev–Trinajstić information content (AvgIpc) is 2.72. The lowest BCUT2D eigenvalue weighted by molar-refractivity contribution is 0.0685. The molecule has 0 aliphatic carbocycles. The van der Waals surface area contributed by atoms with E-state index in [4.69, 9.17) is 14.2 Å². The van der Waals surface area contributed by atoms with Crippen molar-refractivity contribution in [2.75, 3.05) is 7.11 Å². The third-order valence-corrected chi connectivity index (χ3v) is 3.80. The number of ether oxygens (including phenoxy) is 3. The number of carboxylic acid groups (broad SMARTS) is 1. The van der Waals surface area contributed by atoms with Gasteiger partial charge in [0.1, 0.15) is 22.6 Å². The molecule has 128 valence electrons. The van der Waals surface area contributed by atoms with Gasteiger partial charge in [-0.2, -0.15) is 0 Å². The first-order valence-corrected chi connectivity index (χ1v) is 7.05. The van der Waals surface area contributed by atoms with Crippen LogP contribution in [-0.2, 0) is 0 Å². The molecule has 0 spiro atoms.